The fourth-order valence-electron chi connectivity index (χ4n) is 2.17. The first kappa shape index (κ1) is 17.7. The molecule has 9 nitrogen and oxygen atoms in total. The minimum atomic E-state index is -0.374. The molecule has 1 aromatic carbocycles. The van der Waals surface area contributed by atoms with Crippen LogP contribution in [0.5, 0.6) is 0 Å². The van der Waals surface area contributed by atoms with E-state index in [0.717, 1.165) is 9.37 Å². The van der Waals surface area contributed by atoms with Gasteiger partial charge in [0.05, 0.1) is 12.2 Å². The van der Waals surface area contributed by atoms with Gasteiger partial charge < -0.3 is 15.0 Å². The molecule has 1 N–H and O–H groups in total. The number of carbonyl (C=O) groups excluding carboxylic acids is 2. The molecule has 11 heteroatoms. The lowest BCUT2D eigenvalue weighted by Gasteiger charge is -2.14. The van der Waals surface area contributed by atoms with E-state index < -0.39 is 0 Å². The molecule has 0 unspecified atom stereocenters. The van der Waals surface area contributed by atoms with E-state index >= 15 is 0 Å². The van der Waals surface area contributed by atoms with E-state index in [1.807, 2.05) is 18.2 Å². The van der Waals surface area contributed by atoms with E-state index in [0.29, 0.717) is 30.5 Å². The number of nitrogens with zero attached hydrogens (tertiary/aromatic N) is 5. The van der Waals surface area contributed by atoms with Crippen molar-refractivity contribution < 1.29 is 14.3 Å². The van der Waals surface area contributed by atoms with Gasteiger partial charge in [-0.05, 0) is 40.4 Å². The smallest absolute Gasteiger partial charge is 0.409 e. The van der Waals surface area contributed by atoms with Gasteiger partial charge >= 0.3 is 6.09 Å². The van der Waals surface area contributed by atoms with E-state index in [1.54, 1.807) is 11.7 Å². The highest BCUT2D eigenvalue weighted by Crippen LogP contribution is 2.33. The zero-order chi connectivity index (χ0) is 17.8. The lowest BCUT2D eigenvalue weighted by atomic mass is 10.3. The average Bonchev–Trinajstić information content (AvgIpc) is 3.16. The summed E-state index contributed by atoms with van der Waals surface area (Å²) in [7, 11) is 1.74. The largest absolute Gasteiger partial charge is 0.448 e. The Balaban J connectivity index is 1.66. The third-order valence-corrected chi connectivity index (χ3v) is 5.05. The minimum Gasteiger partial charge on any atom is -0.448 e. The second-order valence-electron chi connectivity index (χ2n) is 5.23. The number of cyclic esters (lactones) is 1. The van der Waals surface area contributed by atoms with Gasteiger partial charge in [0, 0.05) is 29.4 Å². The summed E-state index contributed by atoms with van der Waals surface area (Å²) in [4.78, 5) is 26.0. The predicted molar refractivity (Wildman–Crippen MR) is 93.2 cm³/mol. The summed E-state index contributed by atoms with van der Waals surface area (Å²) >= 11 is 4.75. The number of nitrogens with one attached hydrogen (secondary N) is 1. The molecule has 2 heterocycles. The number of hydrogen-bond donors (Lipinski definition) is 1. The number of halogens is 1. The second kappa shape index (κ2) is 7.83. The fourth-order valence-corrected chi connectivity index (χ4v) is 3.33. The van der Waals surface area contributed by atoms with E-state index in [2.05, 4.69) is 36.8 Å². The summed E-state index contributed by atoms with van der Waals surface area (Å²) in [5.41, 5.74) is 0.649. The van der Waals surface area contributed by atoms with Gasteiger partial charge in [-0.1, -0.05) is 15.9 Å². The number of benzene rings is 1. The van der Waals surface area contributed by atoms with Gasteiger partial charge in [0.1, 0.15) is 6.61 Å². The van der Waals surface area contributed by atoms with Crippen molar-refractivity contribution in [3.05, 3.63) is 22.7 Å². The third kappa shape index (κ3) is 4.48. The third-order valence-electron chi connectivity index (χ3n) is 3.45. The standard InChI is InChI=1S/C14H15BrN6O3S/c1-20-13(17-18-19-20)25-11-3-2-9(15)8-10(11)16-12(22)4-5-21-6-7-24-14(21)23/h2-3,8H,4-7H2,1H3,(H,16,22). The van der Waals surface area contributed by atoms with E-state index in [4.69, 9.17) is 4.74 Å². The van der Waals surface area contributed by atoms with E-state index in [-0.39, 0.29) is 18.4 Å². The van der Waals surface area contributed by atoms with Gasteiger partial charge in [-0.15, -0.1) is 5.10 Å². The number of carbonyl (C=O) groups is 2. The molecule has 2 amide bonds. The van der Waals surface area contributed by atoms with Crippen LogP contribution in [0.25, 0.3) is 0 Å². The maximum Gasteiger partial charge on any atom is 0.409 e. The van der Waals surface area contributed by atoms with Crippen LogP contribution in [-0.4, -0.2) is 56.8 Å². The topological polar surface area (TPSA) is 102 Å². The number of ether oxygens (including phenoxy) is 1. The molecule has 0 spiro atoms. The van der Waals surface area contributed by atoms with Crippen LogP contribution in [0.15, 0.2) is 32.7 Å². The van der Waals surface area contributed by atoms with Gasteiger partial charge in [0.25, 0.3) is 0 Å². The zero-order valence-electron chi connectivity index (χ0n) is 13.3. The second-order valence-corrected chi connectivity index (χ2v) is 7.15. The number of aromatic nitrogens is 4. The van der Waals surface area contributed by atoms with Gasteiger partial charge in [-0.3, -0.25) is 4.79 Å². The molecule has 1 saturated heterocycles. The summed E-state index contributed by atoms with van der Waals surface area (Å²) in [5.74, 6) is -0.184. The zero-order valence-corrected chi connectivity index (χ0v) is 15.7. The molecule has 1 aliphatic rings. The van der Waals surface area contributed by atoms with Crippen molar-refractivity contribution in [2.45, 2.75) is 16.5 Å². The molecule has 132 valence electrons. The number of anilines is 1. The molecular formula is C14H15BrN6O3S. The summed E-state index contributed by atoms with van der Waals surface area (Å²) in [6.45, 7) is 1.22. The van der Waals surface area contributed by atoms with Gasteiger partial charge in [0.15, 0.2) is 0 Å². The average molecular weight is 427 g/mol. The van der Waals surface area contributed by atoms with Crippen molar-refractivity contribution in [1.29, 1.82) is 0 Å². The van der Waals surface area contributed by atoms with Crippen molar-refractivity contribution >= 4 is 45.4 Å². The van der Waals surface area contributed by atoms with Crippen LogP contribution in [0.4, 0.5) is 10.5 Å². The van der Waals surface area contributed by atoms with Crippen LogP contribution in [0, 0.1) is 0 Å². The predicted octanol–water partition coefficient (Wildman–Crippen LogP) is 1.90. The molecule has 1 fully saturated rings. The number of tetrazole rings is 1. The number of hydrogen-bond acceptors (Lipinski definition) is 7. The van der Waals surface area contributed by atoms with Gasteiger partial charge in [-0.25, -0.2) is 9.48 Å². The Kier molecular flexibility index (Phi) is 5.53. The number of aryl methyl sites for hydroxylation is 1. The van der Waals surface area contributed by atoms with Crippen LogP contribution in [0.1, 0.15) is 6.42 Å². The van der Waals surface area contributed by atoms with Crippen molar-refractivity contribution in [2.75, 3.05) is 25.0 Å². The monoisotopic (exact) mass is 426 g/mol. The summed E-state index contributed by atoms with van der Waals surface area (Å²) in [5, 5.41) is 14.8. The van der Waals surface area contributed by atoms with Crippen LogP contribution in [0.3, 0.4) is 0 Å². The van der Waals surface area contributed by atoms with Crippen LogP contribution < -0.4 is 5.32 Å². The molecule has 0 saturated carbocycles. The molecule has 1 aliphatic heterocycles. The highest BCUT2D eigenvalue weighted by molar-refractivity contribution is 9.10. The molecule has 25 heavy (non-hydrogen) atoms. The number of rotatable bonds is 6. The van der Waals surface area contributed by atoms with E-state index in [1.165, 1.54) is 16.7 Å². The molecule has 0 aliphatic carbocycles. The lowest BCUT2D eigenvalue weighted by molar-refractivity contribution is -0.116. The SMILES string of the molecule is Cn1nnnc1Sc1ccc(Br)cc1NC(=O)CCN1CCOC1=O. The van der Waals surface area contributed by atoms with E-state index in [9.17, 15) is 9.59 Å². The Hall–Kier alpha value is -2.14. The van der Waals surface area contributed by atoms with Crippen molar-refractivity contribution in [2.24, 2.45) is 7.05 Å². The Bertz CT molecular complexity index is 799. The fraction of sp³-hybridized carbons (Fsp3) is 0.357. The maximum absolute atomic E-state index is 12.2. The van der Waals surface area contributed by atoms with Gasteiger partial charge in [-0.2, -0.15) is 0 Å². The Morgan fingerprint density at radius 1 is 1.48 bits per heavy atom. The van der Waals surface area contributed by atoms with Crippen LogP contribution in [0.2, 0.25) is 0 Å². The Morgan fingerprint density at radius 3 is 3.00 bits per heavy atom. The molecule has 1 aromatic heterocycles. The molecule has 0 bridgehead atoms. The summed E-state index contributed by atoms with van der Waals surface area (Å²) < 4.78 is 7.24. The molecule has 3 rings (SSSR count). The Labute approximate surface area is 156 Å². The highest BCUT2D eigenvalue weighted by atomic mass is 79.9. The summed E-state index contributed by atoms with van der Waals surface area (Å²) in [6.07, 6.45) is -0.182. The molecule has 2 aromatic rings. The first-order valence-corrected chi connectivity index (χ1v) is 9.05. The Morgan fingerprint density at radius 2 is 2.32 bits per heavy atom. The highest BCUT2D eigenvalue weighted by Gasteiger charge is 2.22. The maximum atomic E-state index is 12.2. The van der Waals surface area contributed by atoms with Gasteiger partial charge in [0.2, 0.25) is 11.1 Å². The quantitative estimate of drug-likeness (QED) is 0.751. The lowest BCUT2D eigenvalue weighted by Crippen LogP contribution is -2.28. The molecular weight excluding hydrogens is 412 g/mol. The number of amides is 2. The van der Waals surface area contributed by atoms with Crippen molar-refractivity contribution in [3.63, 3.8) is 0 Å². The van der Waals surface area contributed by atoms with Crippen LogP contribution >= 0.6 is 27.7 Å². The normalized spacial score (nSPS) is 13.8. The first-order valence-electron chi connectivity index (χ1n) is 7.44. The van der Waals surface area contributed by atoms with Crippen LogP contribution in [-0.2, 0) is 16.6 Å². The van der Waals surface area contributed by atoms with Crippen molar-refractivity contribution in [1.82, 2.24) is 25.1 Å². The molecule has 0 radical (unpaired) electrons. The van der Waals surface area contributed by atoms with Crippen molar-refractivity contribution in [3.8, 4) is 0 Å². The molecule has 0 atom stereocenters. The first-order chi connectivity index (χ1) is 12.0. The minimum absolute atomic E-state index is 0.184. The summed E-state index contributed by atoms with van der Waals surface area (Å²) in [6, 6.07) is 5.56.